The van der Waals surface area contributed by atoms with E-state index in [2.05, 4.69) is 4.98 Å². The number of hydrogen-bond acceptors (Lipinski definition) is 8. The number of nitrogen functional groups attached to an aromatic ring is 1. The summed E-state index contributed by atoms with van der Waals surface area (Å²) >= 11 is 1.13. The van der Waals surface area contributed by atoms with Gasteiger partial charge in [0, 0.05) is 13.1 Å². The number of ether oxygens (including phenoxy) is 1. The first-order valence-corrected chi connectivity index (χ1v) is 11.8. The van der Waals surface area contributed by atoms with Gasteiger partial charge < -0.3 is 15.4 Å². The number of rotatable bonds is 10. The SMILES string of the molecule is CCCCN(C(=O)CN1C(=O)CS/C1=C/C(=O)OCC)c1c(N)n(CC(C)C)c(=O)[nH]c1=O. The van der Waals surface area contributed by atoms with Gasteiger partial charge in [0.05, 0.1) is 23.5 Å². The van der Waals surface area contributed by atoms with Crippen molar-refractivity contribution in [3.05, 3.63) is 31.9 Å². The number of hydrogen-bond donors (Lipinski definition) is 2. The standard InChI is InChI=1S/C21H31N5O6S/c1-5-7-8-24(18-19(22)26(10-13(3)4)21(31)23-20(18)30)14(27)11-25-15(28)12-33-16(25)9-17(29)32-6-2/h9,13H,5-8,10-12,22H2,1-4H3,(H,23,30,31)/b16-9+. The number of thioether (sulfide) groups is 1. The molecule has 1 aliphatic rings. The minimum Gasteiger partial charge on any atom is -0.463 e. The number of H-pyrrole nitrogens is 1. The maximum Gasteiger partial charge on any atom is 0.333 e. The normalized spacial score (nSPS) is 14.9. The molecule has 0 aliphatic carbocycles. The molecule has 1 saturated heterocycles. The van der Waals surface area contributed by atoms with E-state index < -0.39 is 23.1 Å². The first-order valence-electron chi connectivity index (χ1n) is 10.8. The molecule has 0 aromatic carbocycles. The van der Waals surface area contributed by atoms with E-state index in [0.717, 1.165) is 18.2 Å². The van der Waals surface area contributed by atoms with Crippen molar-refractivity contribution in [2.45, 2.75) is 47.1 Å². The largest absolute Gasteiger partial charge is 0.463 e. The van der Waals surface area contributed by atoms with Crippen molar-refractivity contribution >= 4 is 41.1 Å². The molecule has 0 atom stereocenters. The van der Waals surface area contributed by atoms with E-state index in [1.807, 2.05) is 20.8 Å². The molecule has 0 radical (unpaired) electrons. The van der Waals surface area contributed by atoms with E-state index in [-0.39, 0.29) is 55.3 Å². The smallest absolute Gasteiger partial charge is 0.333 e. The minimum atomic E-state index is -0.772. The Bertz CT molecular complexity index is 1040. The van der Waals surface area contributed by atoms with E-state index in [9.17, 15) is 24.0 Å². The number of carbonyl (C=O) groups excluding carboxylic acids is 3. The Labute approximate surface area is 195 Å². The van der Waals surface area contributed by atoms with Gasteiger partial charge in [0.2, 0.25) is 11.8 Å². The van der Waals surface area contributed by atoms with Gasteiger partial charge in [0.25, 0.3) is 5.56 Å². The summed E-state index contributed by atoms with van der Waals surface area (Å²) in [5.74, 6) is -1.47. The predicted octanol–water partition coefficient (Wildman–Crippen LogP) is 0.888. The quantitative estimate of drug-likeness (QED) is 0.370. The molecule has 1 aromatic rings. The molecule has 2 heterocycles. The van der Waals surface area contributed by atoms with Gasteiger partial charge in [0.15, 0.2) is 5.69 Å². The zero-order chi connectivity index (χ0) is 24.7. The van der Waals surface area contributed by atoms with Crippen LogP contribution >= 0.6 is 11.8 Å². The van der Waals surface area contributed by atoms with Crippen molar-refractivity contribution in [3.8, 4) is 0 Å². The molecule has 1 aromatic heterocycles. The fraction of sp³-hybridized carbons (Fsp3) is 0.571. The number of nitrogens with zero attached hydrogens (tertiary/aromatic N) is 3. The van der Waals surface area contributed by atoms with Gasteiger partial charge in [-0.3, -0.25) is 28.8 Å². The van der Waals surface area contributed by atoms with Crippen molar-refractivity contribution in [1.82, 2.24) is 14.5 Å². The summed E-state index contributed by atoms with van der Waals surface area (Å²) in [5.41, 5.74) is 4.65. The number of carbonyl (C=O) groups is 3. The lowest BCUT2D eigenvalue weighted by molar-refractivity contribution is -0.137. The van der Waals surface area contributed by atoms with Crippen molar-refractivity contribution in [1.29, 1.82) is 0 Å². The van der Waals surface area contributed by atoms with Crippen LogP contribution in [0.25, 0.3) is 0 Å². The molecule has 33 heavy (non-hydrogen) atoms. The van der Waals surface area contributed by atoms with Gasteiger partial charge in [-0.05, 0) is 19.3 Å². The summed E-state index contributed by atoms with van der Waals surface area (Å²) in [4.78, 5) is 67.2. The summed E-state index contributed by atoms with van der Waals surface area (Å²) < 4.78 is 6.13. The average Bonchev–Trinajstić information content (AvgIpc) is 3.06. The lowest BCUT2D eigenvalue weighted by atomic mass is 10.2. The van der Waals surface area contributed by atoms with Crippen LogP contribution in [0.1, 0.15) is 40.5 Å². The van der Waals surface area contributed by atoms with Gasteiger partial charge in [-0.25, -0.2) is 9.59 Å². The van der Waals surface area contributed by atoms with Crippen LogP contribution in [0.3, 0.4) is 0 Å². The van der Waals surface area contributed by atoms with Crippen molar-refractivity contribution < 1.29 is 19.1 Å². The number of nitrogens with one attached hydrogen (secondary N) is 1. The van der Waals surface area contributed by atoms with E-state index in [0.29, 0.717) is 11.4 Å². The molecule has 12 heteroatoms. The Morgan fingerprint density at radius 2 is 1.97 bits per heavy atom. The fourth-order valence-corrected chi connectivity index (χ4v) is 4.20. The second kappa shape index (κ2) is 11.7. The van der Waals surface area contributed by atoms with Crippen LogP contribution in [0.15, 0.2) is 20.7 Å². The van der Waals surface area contributed by atoms with E-state index in [4.69, 9.17) is 10.5 Å². The molecule has 0 unspecified atom stereocenters. The van der Waals surface area contributed by atoms with Crippen LogP contribution in [0.2, 0.25) is 0 Å². The molecule has 1 fully saturated rings. The number of amides is 2. The molecule has 3 N–H and O–H groups in total. The Kier molecular flexibility index (Phi) is 9.32. The van der Waals surface area contributed by atoms with Gasteiger partial charge in [-0.1, -0.05) is 39.0 Å². The number of aromatic amines is 1. The molecular formula is C21H31N5O6S. The molecule has 0 saturated carbocycles. The third-order valence-corrected chi connectivity index (χ3v) is 5.83. The van der Waals surface area contributed by atoms with Crippen LogP contribution in [-0.4, -0.2) is 57.7 Å². The molecule has 182 valence electrons. The molecular weight excluding hydrogens is 450 g/mol. The minimum absolute atomic E-state index is 0.0679. The summed E-state index contributed by atoms with van der Waals surface area (Å²) in [6.45, 7) is 7.61. The van der Waals surface area contributed by atoms with Crippen molar-refractivity contribution in [2.75, 3.05) is 36.1 Å². The van der Waals surface area contributed by atoms with E-state index >= 15 is 0 Å². The number of aromatic nitrogens is 2. The summed E-state index contributed by atoms with van der Waals surface area (Å²) in [7, 11) is 0. The van der Waals surface area contributed by atoms with Crippen LogP contribution in [-0.2, 0) is 25.7 Å². The number of nitrogens with two attached hydrogens (primary N) is 1. The highest BCUT2D eigenvalue weighted by atomic mass is 32.2. The topological polar surface area (TPSA) is 148 Å². The fourth-order valence-electron chi connectivity index (χ4n) is 3.27. The number of unbranched alkanes of at least 4 members (excludes halogenated alkanes) is 1. The molecule has 0 bridgehead atoms. The number of esters is 1. The molecule has 11 nitrogen and oxygen atoms in total. The highest BCUT2D eigenvalue weighted by molar-refractivity contribution is 8.04. The predicted molar refractivity (Wildman–Crippen MR) is 127 cm³/mol. The van der Waals surface area contributed by atoms with E-state index in [1.165, 1.54) is 20.4 Å². The third-order valence-electron chi connectivity index (χ3n) is 4.80. The molecule has 0 spiro atoms. The summed E-state index contributed by atoms with van der Waals surface area (Å²) in [6, 6.07) is 0. The highest BCUT2D eigenvalue weighted by Gasteiger charge is 2.32. The lowest BCUT2D eigenvalue weighted by Gasteiger charge is -2.27. The Morgan fingerprint density at radius 3 is 2.58 bits per heavy atom. The van der Waals surface area contributed by atoms with Gasteiger partial charge in [0.1, 0.15) is 12.4 Å². The molecule has 2 rings (SSSR count). The van der Waals surface area contributed by atoms with Crippen LogP contribution in [0.4, 0.5) is 11.5 Å². The molecule has 2 amide bonds. The van der Waals surface area contributed by atoms with Gasteiger partial charge in [-0.15, -0.1) is 0 Å². The van der Waals surface area contributed by atoms with Crippen LogP contribution in [0, 0.1) is 5.92 Å². The van der Waals surface area contributed by atoms with Crippen molar-refractivity contribution in [2.24, 2.45) is 5.92 Å². The highest BCUT2D eigenvalue weighted by Crippen LogP contribution is 2.29. The van der Waals surface area contributed by atoms with Gasteiger partial charge in [-0.2, -0.15) is 0 Å². The second-order valence-corrected chi connectivity index (χ2v) is 8.90. The lowest BCUT2D eigenvalue weighted by Crippen LogP contribution is -2.46. The summed E-state index contributed by atoms with van der Waals surface area (Å²) in [5, 5.41) is 0.300. The van der Waals surface area contributed by atoms with E-state index in [1.54, 1.807) is 6.92 Å². The Morgan fingerprint density at radius 1 is 1.27 bits per heavy atom. The first-order chi connectivity index (χ1) is 15.6. The Balaban J connectivity index is 2.44. The van der Waals surface area contributed by atoms with Crippen LogP contribution in [0.5, 0.6) is 0 Å². The third kappa shape index (κ3) is 6.50. The molecule has 1 aliphatic heterocycles. The second-order valence-electron chi connectivity index (χ2n) is 7.90. The monoisotopic (exact) mass is 481 g/mol. The summed E-state index contributed by atoms with van der Waals surface area (Å²) in [6.07, 6.45) is 2.48. The van der Waals surface area contributed by atoms with Gasteiger partial charge >= 0.3 is 11.7 Å². The zero-order valence-corrected chi connectivity index (χ0v) is 20.2. The zero-order valence-electron chi connectivity index (χ0n) is 19.4. The average molecular weight is 482 g/mol. The maximum atomic E-state index is 13.3. The number of anilines is 2. The maximum absolute atomic E-state index is 13.3. The first kappa shape index (κ1) is 26.2. The van der Waals surface area contributed by atoms with Crippen molar-refractivity contribution in [3.63, 3.8) is 0 Å². The van der Waals surface area contributed by atoms with Crippen LogP contribution < -0.4 is 21.9 Å². The Hall–Kier alpha value is -3.02.